The highest BCUT2D eigenvalue weighted by Crippen LogP contribution is 2.10. The van der Waals surface area contributed by atoms with E-state index in [-0.39, 0.29) is 6.61 Å². The third-order valence-electron chi connectivity index (χ3n) is 2.76. The number of fused-ring (bicyclic) bond motifs is 1. The fourth-order valence-corrected chi connectivity index (χ4v) is 2.11. The standard InChI is InChI=1S/C12H17BrN4O/c13-11-9-17-10(7-16-12(17)8-15-11)6-14-4-2-1-3-5-18/h7-9,14,18H,1-6H2. The fraction of sp³-hybridized carbons (Fsp3) is 0.500. The van der Waals surface area contributed by atoms with E-state index in [9.17, 15) is 0 Å². The minimum absolute atomic E-state index is 0.286. The van der Waals surface area contributed by atoms with Crippen molar-refractivity contribution < 1.29 is 5.11 Å². The zero-order valence-electron chi connectivity index (χ0n) is 10.1. The van der Waals surface area contributed by atoms with Gasteiger partial charge in [0.05, 0.1) is 18.1 Å². The number of halogens is 1. The predicted molar refractivity (Wildman–Crippen MR) is 73.3 cm³/mol. The molecule has 0 bridgehead atoms. The van der Waals surface area contributed by atoms with Gasteiger partial charge in [-0.15, -0.1) is 0 Å². The molecular weight excluding hydrogens is 296 g/mol. The van der Waals surface area contributed by atoms with Crippen LogP contribution in [0.5, 0.6) is 0 Å². The Balaban J connectivity index is 1.86. The molecule has 2 heterocycles. The number of rotatable bonds is 7. The summed E-state index contributed by atoms with van der Waals surface area (Å²) in [6.07, 6.45) is 8.56. The summed E-state index contributed by atoms with van der Waals surface area (Å²) in [7, 11) is 0. The van der Waals surface area contributed by atoms with Gasteiger partial charge < -0.3 is 10.4 Å². The molecule has 6 heteroatoms. The van der Waals surface area contributed by atoms with Crippen LogP contribution in [0.1, 0.15) is 25.0 Å². The van der Waals surface area contributed by atoms with E-state index in [1.54, 1.807) is 6.20 Å². The second-order valence-corrected chi connectivity index (χ2v) is 4.96. The molecule has 0 amide bonds. The molecule has 5 nitrogen and oxygen atoms in total. The number of aromatic nitrogens is 3. The largest absolute Gasteiger partial charge is 0.396 e. The average Bonchev–Trinajstić information content (AvgIpc) is 2.76. The molecule has 0 spiro atoms. The molecule has 0 aliphatic rings. The Labute approximate surface area is 114 Å². The van der Waals surface area contributed by atoms with Crippen LogP contribution >= 0.6 is 15.9 Å². The van der Waals surface area contributed by atoms with Crippen LogP contribution < -0.4 is 5.32 Å². The van der Waals surface area contributed by atoms with Gasteiger partial charge in [-0.25, -0.2) is 9.97 Å². The van der Waals surface area contributed by atoms with Crippen molar-refractivity contribution in [1.82, 2.24) is 19.7 Å². The molecule has 0 saturated heterocycles. The highest BCUT2D eigenvalue weighted by atomic mass is 79.9. The van der Waals surface area contributed by atoms with E-state index in [2.05, 4.69) is 31.2 Å². The lowest BCUT2D eigenvalue weighted by Gasteiger charge is -2.04. The number of aliphatic hydroxyl groups excluding tert-OH is 1. The molecule has 18 heavy (non-hydrogen) atoms. The second-order valence-electron chi connectivity index (χ2n) is 4.15. The summed E-state index contributed by atoms with van der Waals surface area (Å²) in [6, 6.07) is 0. The molecule has 0 aromatic carbocycles. The smallest absolute Gasteiger partial charge is 0.155 e. The van der Waals surface area contributed by atoms with Crippen molar-refractivity contribution in [3.05, 3.63) is 28.9 Å². The van der Waals surface area contributed by atoms with E-state index in [4.69, 9.17) is 5.11 Å². The van der Waals surface area contributed by atoms with Crippen LogP contribution in [0.2, 0.25) is 0 Å². The minimum Gasteiger partial charge on any atom is -0.396 e. The molecule has 0 atom stereocenters. The van der Waals surface area contributed by atoms with Gasteiger partial charge in [-0.2, -0.15) is 0 Å². The second kappa shape index (κ2) is 6.82. The van der Waals surface area contributed by atoms with Crippen LogP contribution in [0, 0.1) is 0 Å². The van der Waals surface area contributed by atoms with Crippen LogP contribution in [0.25, 0.3) is 5.65 Å². The first-order valence-electron chi connectivity index (χ1n) is 6.10. The molecule has 0 saturated carbocycles. The number of unbranched alkanes of at least 4 members (excludes halogenated alkanes) is 2. The third kappa shape index (κ3) is 3.51. The van der Waals surface area contributed by atoms with Gasteiger partial charge in [-0.1, -0.05) is 0 Å². The Morgan fingerprint density at radius 2 is 2.11 bits per heavy atom. The maximum atomic E-state index is 8.68. The van der Waals surface area contributed by atoms with Gasteiger partial charge in [0.2, 0.25) is 0 Å². The lowest BCUT2D eigenvalue weighted by atomic mass is 10.2. The monoisotopic (exact) mass is 312 g/mol. The molecule has 2 N–H and O–H groups in total. The van der Waals surface area contributed by atoms with E-state index in [0.29, 0.717) is 0 Å². The van der Waals surface area contributed by atoms with Crippen molar-refractivity contribution in [3.8, 4) is 0 Å². The summed E-state index contributed by atoms with van der Waals surface area (Å²) >= 11 is 3.36. The Morgan fingerprint density at radius 3 is 2.94 bits per heavy atom. The van der Waals surface area contributed by atoms with Crippen LogP contribution in [0.4, 0.5) is 0 Å². The van der Waals surface area contributed by atoms with Gasteiger partial charge in [0.15, 0.2) is 5.65 Å². The van der Waals surface area contributed by atoms with E-state index in [0.717, 1.165) is 48.3 Å². The molecule has 0 fully saturated rings. The molecule has 2 rings (SSSR count). The molecule has 0 unspecified atom stereocenters. The first kappa shape index (κ1) is 13.5. The van der Waals surface area contributed by atoms with Crippen LogP contribution in [-0.4, -0.2) is 32.6 Å². The van der Waals surface area contributed by atoms with E-state index in [1.807, 2.05) is 16.8 Å². The van der Waals surface area contributed by atoms with Gasteiger partial charge in [0, 0.05) is 19.3 Å². The van der Waals surface area contributed by atoms with Crippen molar-refractivity contribution in [2.45, 2.75) is 25.8 Å². The maximum Gasteiger partial charge on any atom is 0.155 e. The number of nitrogens with one attached hydrogen (secondary N) is 1. The summed E-state index contributed by atoms with van der Waals surface area (Å²) in [5.74, 6) is 0. The Morgan fingerprint density at radius 1 is 1.22 bits per heavy atom. The lowest BCUT2D eigenvalue weighted by Crippen LogP contribution is -2.16. The summed E-state index contributed by atoms with van der Waals surface area (Å²) in [5.41, 5.74) is 1.98. The molecular formula is C12H17BrN4O. The summed E-state index contributed by atoms with van der Waals surface area (Å²) in [6.45, 7) is 2.03. The first-order valence-corrected chi connectivity index (χ1v) is 6.89. The summed E-state index contributed by atoms with van der Waals surface area (Å²) < 4.78 is 2.83. The predicted octanol–water partition coefficient (Wildman–Crippen LogP) is 1.74. The Bertz CT molecular complexity index is 500. The average molecular weight is 313 g/mol. The highest BCUT2D eigenvalue weighted by Gasteiger charge is 2.03. The molecule has 0 radical (unpaired) electrons. The van der Waals surface area contributed by atoms with Gasteiger partial charge >= 0.3 is 0 Å². The van der Waals surface area contributed by atoms with E-state index >= 15 is 0 Å². The van der Waals surface area contributed by atoms with Gasteiger partial charge in [-0.05, 0) is 41.7 Å². The molecule has 2 aromatic rings. The molecule has 2 aromatic heterocycles. The Kier molecular flexibility index (Phi) is 5.10. The Hall–Kier alpha value is -0.980. The maximum absolute atomic E-state index is 8.68. The first-order chi connectivity index (χ1) is 8.81. The van der Waals surface area contributed by atoms with Crippen molar-refractivity contribution in [2.75, 3.05) is 13.2 Å². The third-order valence-corrected chi connectivity index (χ3v) is 3.17. The summed E-state index contributed by atoms with van der Waals surface area (Å²) in [5, 5.41) is 12.1. The number of aliphatic hydroxyl groups is 1. The van der Waals surface area contributed by atoms with Crippen molar-refractivity contribution in [2.24, 2.45) is 0 Å². The van der Waals surface area contributed by atoms with E-state index in [1.165, 1.54) is 0 Å². The van der Waals surface area contributed by atoms with Gasteiger partial charge in [0.25, 0.3) is 0 Å². The number of nitrogens with zero attached hydrogens (tertiary/aromatic N) is 3. The molecule has 98 valence electrons. The summed E-state index contributed by atoms with van der Waals surface area (Å²) in [4.78, 5) is 8.43. The van der Waals surface area contributed by atoms with Crippen LogP contribution in [-0.2, 0) is 6.54 Å². The van der Waals surface area contributed by atoms with E-state index < -0.39 is 0 Å². The quantitative estimate of drug-likeness (QED) is 0.765. The van der Waals surface area contributed by atoms with Crippen molar-refractivity contribution >= 4 is 21.6 Å². The zero-order valence-corrected chi connectivity index (χ0v) is 11.7. The van der Waals surface area contributed by atoms with Crippen LogP contribution in [0.15, 0.2) is 23.2 Å². The zero-order chi connectivity index (χ0) is 12.8. The highest BCUT2D eigenvalue weighted by molar-refractivity contribution is 9.10. The topological polar surface area (TPSA) is 62.5 Å². The molecule has 0 aliphatic carbocycles. The fourth-order valence-electron chi connectivity index (χ4n) is 1.80. The van der Waals surface area contributed by atoms with Gasteiger partial charge in [-0.3, -0.25) is 4.40 Å². The van der Waals surface area contributed by atoms with Crippen molar-refractivity contribution in [3.63, 3.8) is 0 Å². The van der Waals surface area contributed by atoms with Crippen LogP contribution in [0.3, 0.4) is 0 Å². The number of hydrogen-bond acceptors (Lipinski definition) is 4. The van der Waals surface area contributed by atoms with Crippen molar-refractivity contribution in [1.29, 1.82) is 0 Å². The number of imidazole rings is 1. The number of hydrogen-bond donors (Lipinski definition) is 2. The normalized spacial score (nSPS) is 11.2. The SMILES string of the molecule is OCCCCCNCc1cnc2cnc(Br)cn12. The lowest BCUT2D eigenvalue weighted by molar-refractivity contribution is 0.283. The molecule has 0 aliphatic heterocycles. The minimum atomic E-state index is 0.286. The van der Waals surface area contributed by atoms with Gasteiger partial charge in [0.1, 0.15) is 4.60 Å².